The van der Waals surface area contributed by atoms with Gasteiger partial charge in [0.1, 0.15) is 5.60 Å². The van der Waals surface area contributed by atoms with Crippen molar-refractivity contribution in [2.45, 2.75) is 40.2 Å². The van der Waals surface area contributed by atoms with Crippen molar-refractivity contribution in [3.8, 4) is 0 Å². The second-order valence-electron chi connectivity index (χ2n) is 7.13. The summed E-state index contributed by atoms with van der Waals surface area (Å²) in [4.78, 5) is 12.2. The molecular weight excluding hydrogens is 248 g/mol. The topological polar surface area (TPSA) is 26.3 Å². The number of carbonyl (C=O) groups is 1. The van der Waals surface area contributed by atoms with Crippen molar-refractivity contribution >= 4 is 12.0 Å². The molecule has 0 spiro atoms. The summed E-state index contributed by atoms with van der Waals surface area (Å²) in [5.74, 6) is 0.157. The first-order valence-electron chi connectivity index (χ1n) is 7.18. The summed E-state index contributed by atoms with van der Waals surface area (Å²) in [6.45, 7) is 9.99. The minimum absolute atomic E-state index is 0.00634. The molecule has 1 saturated carbocycles. The number of hydrogen-bond donors (Lipinski definition) is 0. The Balaban J connectivity index is 2.03. The molecule has 1 aromatic carbocycles. The molecular formula is C18H24O2. The number of allylic oxidation sites excluding steroid dienone is 1. The van der Waals surface area contributed by atoms with Gasteiger partial charge in [0.25, 0.3) is 0 Å². The van der Waals surface area contributed by atoms with Gasteiger partial charge < -0.3 is 4.74 Å². The Hall–Kier alpha value is -1.57. The maximum absolute atomic E-state index is 12.2. The molecule has 0 aliphatic heterocycles. The van der Waals surface area contributed by atoms with Crippen LogP contribution in [0.15, 0.2) is 36.4 Å². The van der Waals surface area contributed by atoms with Crippen molar-refractivity contribution in [2.24, 2.45) is 17.3 Å². The van der Waals surface area contributed by atoms with Crippen LogP contribution in [-0.2, 0) is 9.53 Å². The Bertz CT molecular complexity index is 506. The SMILES string of the molecule is CC(C)(C)OC(=O)C1C(/C=C/c2ccccc2)C1(C)C. The zero-order valence-electron chi connectivity index (χ0n) is 13.0. The molecule has 0 saturated heterocycles. The van der Waals surface area contributed by atoms with Crippen molar-refractivity contribution in [3.63, 3.8) is 0 Å². The standard InChI is InChI=1S/C18H24O2/c1-17(2,3)20-16(19)15-14(18(15,4)5)12-11-13-9-7-6-8-10-13/h6-12,14-15H,1-5H3/b12-11+. The Morgan fingerprint density at radius 3 is 2.35 bits per heavy atom. The fraction of sp³-hybridized carbons (Fsp3) is 0.500. The molecule has 1 aliphatic carbocycles. The van der Waals surface area contributed by atoms with E-state index in [9.17, 15) is 4.79 Å². The van der Waals surface area contributed by atoms with Crippen molar-refractivity contribution < 1.29 is 9.53 Å². The number of hydrogen-bond acceptors (Lipinski definition) is 2. The maximum atomic E-state index is 12.2. The molecule has 0 amide bonds. The predicted octanol–water partition coefficient (Wildman–Crippen LogP) is 4.31. The van der Waals surface area contributed by atoms with Crippen LogP contribution in [0.25, 0.3) is 6.08 Å². The van der Waals surface area contributed by atoms with E-state index in [0.29, 0.717) is 0 Å². The van der Waals surface area contributed by atoms with Crippen LogP contribution in [0.1, 0.15) is 40.2 Å². The van der Waals surface area contributed by atoms with Gasteiger partial charge in [-0.15, -0.1) is 0 Å². The highest BCUT2D eigenvalue weighted by molar-refractivity contribution is 5.79. The van der Waals surface area contributed by atoms with Crippen LogP contribution in [0.2, 0.25) is 0 Å². The highest BCUT2D eigenvalue weighted by Gasteiger charge is 2.61. The summed E-state index contributed by atoms with van der Waals surface area (Å²) in [7, 11) is 0. The van der Waals surface area contributed by atoms with Gasteiger partial charge in [0.15, 0.2) is 0 Å². The number of ether oxygens (including phenoxy) is 1. The molecule has 2 nitrogen and oxygen atoms in total. The van der Waals surface area contributed by atoms with Gasteiger partial charge in [0, 0.05) is 0 Å². The summed E-state index contributed by atoms with van der Waals surface area (Å²) in [5.41, 5.74) is 0.745. The van der Waals surface area contributed by atoms with E-state index < -0.39 is 5.60 Å². The zero-order valence-corrected chi connectivity index (χ0v) is 13.0. The largest absolute Gasteiger partial charge is 0.460 e. The first kappa shape index (κ1) is 14.8. The molecule has 0 aromatic heterocycles. The monoisotopic (exact) mass is 272 g/mol. The van der Waals surface area contributed by atoms with Gasteiger partial charge in [-0.05, 0) is 37.7 Å². The van der Waals surface area contributed by atoms with Gasteiger partial charge in [0.05, 0.1) is 5.92 Å². The molecule has 0 radical (unpaired) electrons. The molecule has 2 atom stereocenters. The molecule has 2 rings (SSSR count). The number of esters is 1. The second-order valence-corrected chi connectivity index (χ2v) is 7.13. The van der Waals surface area contributed by atoms with E-state index in [1.165, 1.54) is 0 Å². The number of rotatable bonds is 3. The molecule has 108 valence electrons. The number of carbonyl (C=O) groups excluding carboxylic acids is 1. The highest BCUT2D eigenvalue weighted by Crippen LogP contribution is 2.59. The summed E-state index contributed by atoms with van der Waals surface area (Å²) < 4.78 is 5.51. The number of benzene rings is 1. The van der Waals surface area contributed by atoms with Gasteiger partial charge in [0.2, 0.25) is 0 Å². The van der Waals surface area contributed by atoms with Crippen LogP contribution in [0, 0.1) is 17.3 Å². The molecule has 1 aliphatic rings. The predicted molar refractivity (Wildman–Crippen MR) is 82.1 cm³/mol. The summed E-state index contributed by atoms with van der Waals surface area (Å²) in [5, 5.41) is 0. The van der Waals surface area contributed by atoms with Gasteiger partial charge in [-0.25, -0.2) is 0 Å². The van der Waals surface area contributed by atoms with E-state index in [1.54, 1.807) is 0 Å². The quantitative estimate of drug-likeness (QED) is 0.766. The van der Waals surface area contributed by atoms with E-state index in [4.69, 9.17) is 4.74 Å². The summed E-state index contributed by atoms with van der Waals surface area (Å²) >= 11 is 0. The molecule has 2 heteroatoms. The lowest BCUT2D eigenvalue weighted by Gasteiger charge is -2.19. The fourth-order valence-electron chi connectivity index (χ4n) is 2.63. The van der Waals surface area contributed by atoms with E-state index in [1.807, 2.05) is 39.0 Å². The van der Waals surface area contributed by atoms with Crippen molar-refractivity contribution in [1.82, 2.24) is 0 Å². The third-order valence-electron chi connectivity index (χ3n) is 3.87. The van der Waals surface area contributed by atoms with Gasteiger partial charge >= 0.3 is 5.97 Å². The van der Waals surface area contributed by atoms with Crippen LogP contribution in [0.3, 0.4) is 0 Å². The van der Waals surface area contributed by atoms with E-state index in [2.05, 4.69) is 38.1 Å². The third kappa shape index (κ3) is 3.30. The van der Waals surface area contributed by atoms with Crippen LogP contribution in [-0.4, -0.2) is 11.6 Å². The lowest BCUT2D eigenvalue weighted by molar-refractivity contribution is -0.157. The lowest BCUT2D eigenvalue weighted by Crippen LogP contribution is -2.26. The Labute approximate surface area is 121 Å². The molecule has 0 bridgehead atoms. The maximum Gasteiger partial charge on any atom is 0.310 e. The fourth-order valence-corrected chi connectivity index (χ4v) is 2.63. The van der Waals surface area contributed by atoms with Gasteiger partial charge in [-0.3, -0.25) is 4.79 Å². The molecule has 1 aromatic rings. The first-order valence-corrected chi connectivity index (χ1v) is 7.18. The average Bonchev–Trinajstić information content (AvgIpc) is 2.88. The van der Waals surface area contributed by atoms with E-state index in [-0.39, 0.29) is 23.2 Å². The summed E-state index contributed by atoms with van der Waals surface area (Å²) in [6.07, 6.45) is 4.24. The third-order valence-corrected chi connectivity index (χ3v) is 3.87. The lowest BCUT2D eigenvalue weighted by atomic mass is 10.1. The summed E-state index contributed by atoms with van der Waals surface area (Å²) in [6, 6.07) is 10.2. The van der Waals surface area contributed by atoms with Crippen molar-refractivity contribution in [2.75, 3.05) is 0 Å². The second kappa shape index (κ2) is 5.08. The Kier molecular flexibility index (Phi) is 3.77. The zero-order chi connectivity index (χ0) is 15.0. The molecule has 1 fully saturated rings. The van der Waals surface area contributed by atoms with Crippen LogP contribution >= 0.6 is 0 Å². The highest BCUT2D eigenvalue weighted by atomic mass is 16.6. The minimum Gasteiger partial charge on any atom is -0.460 e. The Morgan fingerprint density at radius 1 is 1.20 bits per heavy atom. The minimum atomic E-state index is -0.413. The van der Waals surface area contributed by atoms with Crippen molar-refractivity contribution in [3.05, 3.63) is 42.0 Å². The molecule has 0 heterocycles. The molecule has 0 N–H and O–H groups in total. The average molecular weight is 272 g/mol. The first-order chi connectivity index (χ1) is 9.22. The van der Waals surface area contributed by atoms with E-state index >= 15 is 0 Å². The Morgan fingerprint density at radius 2 is 1.80 bits per heavy atom. The van der Waals surface area contributed by atoms with Crippen molar-refractivity contribution in [1.29, 1.82) is 0 Å². The smallest absolute Gasteiger partial charge is 0.310 e. The molecule has 2 unspecified atom stereocenters. The van der Waals surface area contributed by atoms with Gasteiger partial charge in [-0.1, -0.05) is 56.3 Å². The van der Waals surface area contributed by atoms with Crippen LogP contribution in [0.4, 0.5) is 0 Å². The van der Waals surface area contributed by atoms with E-state index in [0.717, 1.165) is 5.56 Å². The van der Waals surface area contributed by atoms with Crippen LogP contribution < -0.4 is 0 Å². The van der Waals surface area contributed by atoms with Gasteiger partial charge in [-0.2, -0.15) is 0 Å². The normalized spacial score (nSPS) is 24.6. The van der Waals surface area contributed by atoms with Crippen LogP contribution in [0.5, 0.6) is 0 Å². The molecule has 20 heavy (non-hydrogen) atoms.